The number of piperidine rings is 1. The Morgan fingerprint density at radius 1 is 1.07 bits per heavy atom. The molecule has 2 aromatic carbocycles. The third kappa shape index (κ3) is 6.45. The lowest BCUT2D eigenvalue weighted by atomic mass is 10.1. The number of carbonyl (C=O) groups excluding carboxylic acids is 1. The number of benzene rings is 2. The third-order valence-electron chi connectivity index (χ3n) is 4.80. The number of likely N-dealkylation sites (tertiary alicyclic amines) is 1. The molecule has 1 aliphatic heterocycles. The number of hydrogen-bond donors (Lipinski definition) is 1. The highest BCUT2D eigenvalue weighted by molar-refractivity contribution is 7.89. The molecule has 1 aliphatic rings. The number of hydrogen-bond acceptors (Lipinski definition) is 4. The van der Waals surface area contributed by atoms with Crippen molar-refractivity contribution < 1.29 is 17.9 Å². The van der Waals surface area contributed by atoms with Crippen LogP contribution in [0.4, 0.5) is 0 Å². The van der Waals surface area contributed by atoms with Crippen molar-refractivity contribution in [1.82, 2.24) is 9.62 Å². The monoisotopic (exact) mass is 436 g/mol. The van der Waals surface area contributed by atoms with E-state index in [2.05, 4.69) is 4.72 Å². The molecule has 156 valence electrons. The minimum absolute atomic E-state index is 0.00540. The van der Waals surface area contributed by atoms with E-state index in [1.807, 2.05) is 23.1 Å². The van der Waals surface area contributed by atoms with Gasteiger partial charge in [0.2, 0.25) is 10.0 Å². The van der Waals surface area contributed by atoms with Crippen LogP contribution in [0.1, 0.15) is 24.8 Å². The number of ether oxygens (including phenoxy) is 1. The maximum atomic E-state index is 12.3. The maximum absolute atomic E-state index is 12.3. The predicted octanol–water partition coefficient (Wildman–Crippen LogP) is 3.25. The number of rotatable bonds is 8. The number of amides is 1. The summed E-state index contributed by atoms with van der Waals surface area (Å²) in [6.45, 7) is 1.87. The van der Waals surface area contributed by atoms with Gasteiger partial charge >= 0.3 is 0 Å². The quantitative estimate of drug-likeness (QED) is 0.689. The highest BCUT2D eigenvalue weighted by Crippen LogP contribution is 2.16. The summed E-state index contributed by atoms with van der Waals surface area (Å²) in [7, 11) is -3.58. The number of sulfonamides is 1. The number of carbonyl (C=O) groups is 1. The van der Waals surface area contributed by atoms with Crippen LogP contribution in [-0.2, 0) is 21.2 Å². The van der Waals surface area contributed by atoms with E-state index in [0.29, 0.717) is 17.2 Å². The molecule has 6 nitrogen and oxygen atoms in total. The zero-order chi connectivity index (χ0) is 20.7. The number of nitrogens with zero attached hydrogens (tertiary/aromatic N) is 1. The van der Waals surface area contributed by atoms with E-state index in [-0.39, 0.29) is 24.0 Å². The molecule has 0 aromatic heterocycles. The summed E-state index contributed by atoms with van der Waals surface area (Å²) >= 11 is 5.80. The van der Waals surface area contributed by atoms with Crippen LogP contribution in [0, 0.1) is 0 Å². The first-order chi connectivity index (χ1) is 13.9. The highest BCUT2D eigenvalue weighted by atomic mass is 35.5. The smallest absolute Gasteiger partial charge is 0.260 e. The van der Waals surface area contributed by atoms with Crippen LogP contribution in [0.25, 0.3) is 0 Å². The lowest BCUT2D eigenvalue weighted by molar-refractivity contribution is -0.134. The van der Waals surface area contributed by atoms with Gasteiger partial charge in [-0.05, 0) is 67.6 Å². The maximum Gasteiger partial charge on any atom is 0.260 e. The number of nitrogens with one attached hydrogen (secondary N) is 1. The molecule has 1 saturated heterocycles. The van der Waals surface area contributed by atoms with E-state index < -0.39 is 10.0 Å². The van der Waals surface area contributed by atoms with E-state index >= 15 is 0 Å². The van der Waals surface area contributed by atoms with Crippen molar-refractivity contribution in [2.75, 3.05) is 26.2 Å². The average Bonchev–Trinajstić information content (AvgIpc) is 2.73. The summed E-state index contributed by atoms with van der Waals surface area (Å²) < 4.78 is 32.8. The Hall–Kier alpha value is -2.09. The molecule has 29 heavy (non-hydrogen) atoms. The Morgan fingerprint density at radius 3 is 2.52 bits per heavy atom. The van der Waals surface area contributed by atoms with Crippen molar-refractivity contribution in [3.8, 4) is 5.75 Å². The molecule has 8 heteroatoms. The Bertz CT molecular complexity index is 926. The molecular formula is C21H25ClN2O4S. The van der Waals surface area contributed by atoms with Gasteiger partial charge in [-0.2, -0.15) is 0 Å². The van der Waals surface area contributed by atoms with Crippen LogP contribution >= 0.6 is 11.6 Å². The van der Waals surface area contributed by atoms with Crippen molar-refractivity contribution in [3.63, 3.8) is 0 Å². The van der Waals surface area contributed by atoms with Crippen molar-refractivity contribution in [2.45, 2.75) is 30.6 Å². The van der Waals surface area contributed by atoms with Gasteiger partial charge in [0, 0.05) is 24.7 Å². The lowest BCUT2D eigenvalue weighted by Gasteiger charge is -2.26. The molecule has 0 bridgehead atoms. The van der Waals surface area contributed by atoms with E-state index in [1.54, 1.807) is 18.2 Å². The predicted molar refractivity (Wildman–Crippen MR) is 113 cm³/mol. The molecule has 1 N–H and O–H groups in total. The fraction of sp³-hybridized carbons (Fsp3) is 0.381. The molecule has 0 aliphatic carbocycles. The Labute approximate surface area is 176 Å². The normalized spacial score (nSPS) is 14.6. The molecule has 1 heterocycles. The molecule has 0 radical (unpaired) electrons. The molecule has 0 saturated carbocycles. The summed E-state index contributed by atoms with van der Waals surface area (Å²) in [6.07, 6.45) is 3.78. The van der Waals surface area contributed by atoms with Gasteiger partial charge in [-0.1, -0.05) is 23.7 Å². The van der Waals surface area contributed by atoms with Gasteiger partial charge in [0.25, 0.3) is 5.91 Å². The van der Waals surface area contributed by atoms with Crippen molar-refractivity contribution >= 4 is 27.5 Å². The molecule has 3 rings (SSSR count). The largest absolute Gasteiger partial charge is 0.484 e. The Kier molecular flexibility index (Phi) is 7.52. The first kappa shape index (κ1) is 21.6. The fourth-order valence-corrected chi connectivity index (χ4v) is 4.36. The summed E-state index contributed by atoms with van der Waals surface area (Å²) in [5, 5.41) is 0.486. The SMILES string of the molecule is O=C(COc1cccc(CCNS(=O)(=O)c2ccc(Cl)cc2)c1)N1CCCCC1. The Balaban J connectivity index is 1.49. The molecule has 1 amide bonds. The summed E-state index contributed by atoms with van der Waals surface area (Å²) in [5.74, 6) is 0.610. The van der Waals surface area contributed by atoms with Crippen molar-refractivity contribution in [3.05, 3.63) is 59.1 Å². The molecular weight excluding hydrogens is 412 g/mol. The standard InChI is InChI=1S/C21H25ClN2O4S/c22-18-7-9-20(10-8-18)29(26,27)23-12-11-17-5-4-6-19(15-17)28-16-21(25)24-13-2-1-3-14-24/h4-10,15,23H,1-3,11-14,16H2. The van der Waals surface area contributed by atoms with Gasteiger partial charge < -0.3 is 9.64 Å². The van der Waals surface area contributed by atoms with Crippen LogP contribution < -0.4 is 9.46 Å². The van der Waals surface area contributed by atoms with Crippen LogP contribution in [0.5, 0.6) is 5.75 Å². The molecule has 0 spiro atoms. The minimum atomic E-state index is -3.58. The summed E-state index contributed by atoms with van der Waals surface area (Å²) in [5.41, 5.74) is 0.923. The first-order valence-electron chi connectivity index (χ1n) is 9.69. The van der Waals surface area contributed by atoms with Gasteiger partial charge in [0.05, 0.1) is 4.90 Å². The topological polar surface area (TPSA) is 75.7 Å². The third-order valence-corrected chi connectivity index (χ3v) is 6.53. The van der Waals surface area contributed by atoms with Gasteiger partial charge in [-0.15, -0.1) is 0 Å². The highest BCUT2D eigenvalue weighted by Gasteiger charge is 2.17. The van der Waals surface area contributed by atoms with Crippen LogP contribution in [0.2, 0.25) is 5.02 Å². The zero-order valence-corrected chi connectivity index (χ0v) is 17.7. The summed E-state index contributed by atoms with van der Waals surface area (Å²) in [6, 6.07) is 13.4. The van der Waals surface area contributed by atoms with E-state index in [9.17, 15) is 13.2 Å². The Morgan fingerprint density at radius 2 is 1.79 bits per heavy atom. The van der Waals surface area contributed by atoms with Crippen LogP contribution in [-0.4, -0.2) is 45.5 Å². The fourth-order valence-electron chi connectivity index (χ4n) is 3.20. The van der Waals surface area contributed by atoms with Crippen LogP contribution in [0.15, 0.2) is 53.4 Å². The van der Waals surface area contributed by atoms with Crippen LogP contribution in [0.3, 0.4) is 0 Å². The van der Waals surface area contributed by atoms with E-state index in [0.717, 1.165) is 31.5 Å². The van der Waals surface area contributed by atoms with E-state index in [4.69, 9.17) is 16.3 Å². The number of halogens is 1. The van der Waals surface area contributed by atoms with Gasteiger partial charge in [-0.3, -0.25) is 4.79 Å². The molecule has 0 unspecified atom stereocenters. The second-order valence-corrected chi connectivity index (χ2v) is 9.18. The molecule has 1 fully saturated rings. The molecule has 2 aromatic rings. The average molecular weight is 437 g/mol. The van der Waals surface area contributed by atoms with Crippen molar-refractivity contribution in [1.29, 1.82) is 0 Å². The zero-order valence-electron chi connectivity index (χ0n) is 16.1. The summed E-state index contributed by atoms with van der Waals surface area (Å²) in [4.78, 5) is 14.2. The second-order valence-electron chi connectivity index (χ2n) is 6.98. The lowest BCUT2D eigenvalue weighted by Crippen LogP contribution is -2.38. The van der Waals surface area contributed by atoms with E-state index in [1.165, 1.54) is 18.6 Å². The van der Waals surface area contributed by atoms with Gasteiger partial charge in [0.15, 0.2) is 6.61 Å². The second kappa shape index (κ2) is 10.1. The first-order valence-corrected chi connectivity index (χ1v) is 11.5. The molecule has 0 atom stereocenters. The van der Waals surface area contributed by atoms with Gasteiger partial charge in [-0.25, -0.2) is 13.1 Å². The minimum Gasteiger partial charge on any atom is -0.484 e. The van der Waals surface area contributed by atoms with Crippen molar-refractivity contribution in [2.24, 2.45) is 0 Å². The van der Waals surface area contributed by atoms with Gasteiger partial charge in [0.1, 0.15) is 5.75 Å².